The quantitative estimate of drug-likeness (QED) is 0.791. The summed E-state index contributed by atoms with van der Waals surface area (Å²) < 4.78 is 0. The SMILES string of the molecule is CCN(Cc1cccc(CN)c1)CC(C)(C)O. The molecule has 0 saturated heterocycles. The van der Waals surface area contributed by atoms with Crippen molar-refractivity contribution in [1.29, 1.82) is 0 Å². The number of likely N-dealkylation sites (N-methyl/N-ethyl adjacent to an activating group) is 1. The predicted octanol–water partition coefficient (Wildman–Crippen LogP) is 1.74. The lowest BCUT2D eigenvalue weighted by atomic mass is 10.1. The molecule has 1 aromatic rings. The third-order valence-electron chi connectivity index (χ3n) is 2.69. The van der Waals surface area contributed by atoms with Crippen molar-refractivity contribution >= 4 is 0 Å². The van der Waals surface area contributed by atoms with Crippen molar-refractivity contribution in [1.82, 2.24) is 4.90 Å². The van der Waals surface area contributed by atoms with Crippen LogP contribution in [0.5, 0.6) is 0 Å². The van der Waals surface area contributed by atoms with Gasteiger partial charge in [-0.2, -0.15) is 0 Å². The molecule has 0 radical (unpaired) electrons. The first kappa shape index (κ1) is 14.2. The fourth-order valence-corrected chi connectivity index (χ4v) is 1.94. The molecule has 3 N–H and O–H groups in total. The van der Waals surface area contributed by atoms with Gasteiger partial charge in [-0.25, -0.2) is 0 Å². The molecule has 0 spiro atoms. The zero-order valence-corrected chi connectivity index (χ0v) is 11.1. The summed E-state index contributed by atoms with van der Waals surface area (Å²) >= 11 is 0. The van der Waals surface area contributed by atoms with Crippen LogP contribution in [0.1, 0.15) is 31.9 Å². The van der Waals surface area contributed by atoms with Crippen LogP contribution in [0, 0.1) is 0 Å². The monoisotopic (exact) mass is 236 g/mol. The number of rotatable bonds is 6. The number of hydrogen-bond acceptors (Lipinski definition) is 3. The van der Waals surface area contributed by atoms with Gasteiger partial charge < -0.3 is 10.8 Å². The number of aliphatic hydroxyl groups is 1. The Labute approximate surface area is 104 Å². The molecule has 1 rings (SSSR count). The second-order valence-electron chi connectivity index (χ2n) is 5.14. The third kappa shape index (κ3) is 5.31. The molecule has 0 bridgehead atoms. The van der Waals surface area contributed by atoms with Crippen LogP contribution in [0.15, 0.2) is 24.3 Å². The summed E-state index contributed by atoms with van der Waals surface area (Å²) in [7, 11) is 0. The highest BCUT2D eigenvalue weighted by molar-refractivity contribution is 5.23. The lowest BCUT2D eigenvalue weighted by Gasteiger charge is -2.28. The Bertz CT molecular complexity index is 344. The van der Waals surface area contributed by atoms with Gasteiger partial charge in [0.2, 0.25) is 0 Å². The molecule has 96 valence electrons. The minimum Gasteiger partial charge on any atom is -0.389 e. The third-order valence-corrected chi connectivity index (χ3v) is 2.69. The van der Waals surface area contributed by atoms with Gasteiger partial charge in [0.25, 0.3) is 0 Å². The lowest BCUT2D eigenvalue weighted by Crippen LogP contribution is -2.38. The minimum atomic E-state index is -0.651. The molecular weight excluding hydrogens is 212 g/mol. The van der Waals surface area contributed by atoms with Crippen LogP contribution in [0.3, 0.4) is 0 Å². The molecule has 0 aliphatic heterocycles. The van der Waals surface area contributed by atoms with Gasteiger partial charge in [0.05, 0.1) is 5.60 Å². The van der Waals surface area contributed by atoms with Crippen molar-refractivity contribution in [3.63, 3.8) is 0 Å². The molecule has 0 saturated carbocycles. The second-order valence-corrected chi connectivity index (χ2v) is 5.14. The maximum Gasteiger partial charge on any atom is 0.0718 e. The van der Waals surface area contributed by atoms with Crippen molar-refractivity contribution in [3.8, 4) is 0 Å². The van der Waals surface area contributed by atoms with Gasteiger partial charge in [-0.15, -0.1) is 0 Å². The first-order valence-electron chi connectivity index (χ1n) is 6.17. The average molecular weight is 236 g/mol. The number of nitrogens with zero attached hydrogens (tertiary/aromatic N) is 1. The topological polar surface area (TPSA) is 49.5 Å². The summed E-state index contributed by atoms with van der Waals surface area (Å²) in [6.07, 6.45) is 0. The van der Waals surface area contributed by atoms with E-state index in [2.05, 4.69) is 24.0 Å². The normalized spacial score (nSPS) is 12.1. The lowest BCUT2D eigenvalue weighted by molar-refractivity contribution is 0.0353. The van der Waals surface area contributed by atoms with Gasteiger partial charge in [-0.3, -0.25) is 4.90 Å². The Balaban J connectivity index is 2.67. The Morgan fingerprint density at radius 1 is 1.29 bits per heavy atom. The number of nitrogens with two attached hydrogens (primary N) is 1. The smallest absolute Gasteiger partial charge is 0.0718 e. The summed E-state index contributed by atoms with van der Waals surface area (Å²) in [5.74, 6) is 0. The average Bonchev–Trinajstić information content (AvgIpc) is 2.26. The van der Waals surface area contributed by atoms with Gasteiger partial charge in [0.1, 0.15) is 0 Å². The zero-order chi connectivity index (χ0) is 12.9. The zero-order valence-electron chi connectivity index (χ0n) is 11.1. The summed E-state index contributed by atoms with van der Waals surface area (Å²) in [6, 6.07) is 8.31. The van der Waals surface area contributed by atoms with Gasteiger partial charge in [0.15, 0.2) is 0 Å². The maximum atomic E-state index is 9.84. The van der Waals surface area contributed by atoms with Crippen LogP contribution in [0.25, 0.3) is 0 Å². The molecule has 0 aliphatic carbocycles. The largest absolute Gasteiger partial charge is 0.389 e. The van der Waals surface area contributed by atoms with Gasteiger partial charge >= 0.3 is 0 Å². The molecule has 3 nitrogen and oxygen atoms in total. The van der Waals surface area contributed by atoms with E-state index in [4.69, 9.17) is 5.73 Å². The van der Waals surface area contributed by atoms with Crippen LogP contribution in [0.4, 0.5) is 0 Å². The fraction of sp³-hybridized carbons (Fsp3) is 0.571. The van der Waals surface area contributed by atoms with Gasteiger partial charge in [-0.1, -0.05) is 31.2 Å². The predicted molar refractivity (Wildman–Crippen MR) is 71.6 cm³/mol. The molecule has 0 aliphatic rings. The van der Waals surface area contributed by atoms with Gasteiger partial charge in [-0.05, 0) is 31.5 Å². The Morgan fingerprint density at radius 2 is 1.94 bits per heavy atom. The molecule has 17 heavy (non-hydrogen) atoms. The highest BCUT2D eigenvalue weighted by Crippen LogP contribution is 2.11. The molecule has 3 heteroatoms. The summed E-state index contributed by atoms with van der Waals surface area (Å²) in [4.78, 5) is 2.23. The van der Waals surface area contributed by atoms with Crippen molar-refractivity contribution in [2.75, 3.05) is 13.1 Å². The highest BCUT2D eigenvalue weighted by Gasteiger charge is 2.17. The second kappa shape index (κ2) is 6.15. The number of benzene rings is 1. The van der Waals surface area contributed by atoms with E-state index < -0.39 is 5.60 Å². The van der Waals surface area contributed by atoms with E-state index in [1.54, 1.807) is 0 Å². The van der Waals surface area contributed by atoms with Crippen molar-refractivity contribution < 1.29 is 5.11 Å². The van der Waals surface area contributed by atoms with Crippen LogP contribution < -0.4 is 5.73 Å². The van der Waals surface area contributed by atoms with Crippen LogP contribution >= 0.6 is 0 Å². The first-order valence-corrected chi connectivity index (χ1v) is 6.17. The van der Waals surface area contributed by atoms with Crippen molar-refractivity contribution in [2.45, 2.75) is 39.5 Å². The minimum absolute atomic E-state index is 0.575. The molecule has 0 heterocycles. The van der Waals surface area contributed by atoms with E-state index in [-0.39, 0.29) is 0 Å². The van der Waals surface area contributed by atoms with E-state index in [0.717, 1.165) is 18.7 Å². The molecule has 0 fully saturated rings. The van der Waals surface area contributed by atoms with E-state index in [1.807, 2.05) is 26.0 Å². The molecule has 0 amide bonds. The highest BCUT2D eigenvalue weighted by atomic mass is 16.3. The Hall–Kier alpha value is -0.900. The van der Waals surface area contributed by atoms with Crippen molar-refractivity contribution in [2.24, 2.45) is 5.73 Å². The van der Waals surface area contributed by atoms with Gasteiger partial charge in [0, 0.05) is 19.6 Å². The standard InChI is InChI=1S/C14H24N2O/c1-4-16(11-14(2,3)17)10-13-7-5-6-12(8-13)9-15/h5-8,17H,4,9-11,15H2,1-3H3. The molecule has 1 aromatic carbocycles. The molecule has 0 atom stereocenters. The van der Waals surface area contributed by atoms with E-state index >= 15 is 0 Å². The van der Waals surface area contributed by atoms with Crippen LogP contribution in [-0.4, -0.2) is 28.7 Å². The van der Waals surface area contributed by atoms with E-state index in [0.29, 0.717) is 13.1 Å². The summed E-state index contributed by atoms with van der Waals surface area (Å²) in [6.45, 7) is 8.82. The van der Waals surface area contributed by atoms with Crippen LogP contribution in [-0.2, 0) is 13.1 Å². The number of hydrogen-bond donors (Lipinski definition) is 2. The molecular formula is C14H24N2O. The van der Waals surface area contributed by atoms with E-state index in [1.165, 1.54) is 5.56 Å². The van der Waals surface area contributed by atoms with E-state index in [9.17, 15) is 5.11 Å². The van der Waals surface area contributed by atoms with Crippen LogP contribution in [0.2, 0.25) is 0 Å². The molecule has 0 aromatic heterocycles. The fourth-order valence-electron chi connectivity index (χ4n) is 1.94. The Kier molecular flexibility index (Phi) is 5.12. The Morgan fingerprint density at radius 3 is 2.47 bits per heavy atom. The van der Waals surface area contributed by atoms with Crippen molar-refractivity contribution in [3.05, 3.63) is 35.4 Å². The summed E-state index contributed by atoms with van der Waals surface area (Å²) in [5, 5.41) is 9.84. The first-order chi connectivity index (χ1) is 7.94. The maximum absolute atomic E-state index is 9.84. The molecule has 0 unspecified atom stereocenters. The summed E-state index contributed by atoms with van der Waals surface area (Å²) in [5.41, 5.74) is 7.38.